The Labute approximate surface area is 189 Å². The second-order valence-electron chi connectivity index (χ2n) is 7.09. The molecule has 0 saturated heterocycles. The van der Waals surface area contributed by atoms with Gasteiger partial charge in [-0.05, 0) is 29.3 Å². The molecule has 1 aliphatic rings. The van der Waals surface area contributed by atoms with Crippen molar-refractivity contribution in [3.05, 3.63) is 94.5 Å². The van der Waals surface area contributed by atoms with Crippen LogP contribution in [-0.4, -0.2) is 30.1 Å². The zero-order valence-electron chi connectivity index (χ0n) is 16.7. The minimum Gasteiger partial charge on any atom is -0.481 e. The third-order valence-corrected chi connectivity index (χ3v) is 5.34. The van der Waals surface area contributed by atoms with Gasteiger partial charge in [-0.3, -0.25) is 0 Å². The van der Waals surface area contributed by atoms with E-state index in [1.54, 1.807) is 12.1 Å². The Bertz CT molecular complexity index is 1010. The molecule has 2 unspecified atom stereocenters. The van der Waals surface area contributed by atoms with Gasteiger partial charge >= 0.3 is 6.09 Å². The van der Waals surface area contributed by atoms with E-state index >= 15 is 0 Å². The molecule has 4 rings (SSSR count). The monoisotopic (exact) mass is 483 g/mol. The van der Waals surface area contributed by atoms with E-state index in [0.717, 1.165) is 15.6 Å². The summed E-state index contributed by atoms with van der Waals surface area (Å²) in [6.07, 6.45) is -2.69. The summed E-state index contributed by atoms with van der Waals surface area (Å²) < 4.78 is 17.9. The van der Waals surface area contributed by atoms with E-state index in [1.165, 1.54) is 4.90 Å². The number of aliphatic hydroxyl groups excluding tert-OH is 1. The Balaban J connectivity index is 1.48. The van der Waals surface area contributed by atoms with Crippen molar-refractivity contribution in [3.63, 3.8) is 0 Å². The number of nitrogens with zero attached hydrogens (tertiary/aromatic N) is 1. The Kier molecular flexibility index (Phi) is 6.86. The number of halogens is 1. The molecule has 0 fully saturated rings. The Morgan fingerprint density at radius 1 is 0.968 bits per heavy atom. The normalized spacial score (nSPS) is 17.5. The number of anilines is 1. The summed E-state index contributed by atoms with van der Waals surface area (Å²) in [6.45, 7) is 0.579. The molecule has 0 aromatic heterocycles. The summed E-state index contributed by atoms with van der Waals surface area (Å²) in [4.78, 5) is 14.1. The first-order valence-corrected chi connectivity index (χ1v) is 10.7. The van der Waals surface area contributed by atoms with Gasteiger partial charge in [-0.2, -0.15) is 0 Å². The van der Waals surface area contributed by atoms with Crippen LogP contribution in [-0.2, 0) is 22.7 Å². The van der Waals surface area contributed by atoms with E-state index in [-0.39, 0.29) is 13.2 Å². The van der Waals surface area contributed by atoms with E-state index in [1.807, 2.05) is 66.7 Å². The second kappa shape index (κ2) is 9.96. The molecule has 0 spiro atoms. The van der Waals surface area contributed by atoms with Crippen LogP contribution in [0, 0.1) is 0 Å². The summed E-state index contributed by atoms with van der Waals surface area (Å²) >= 11 is 3.40. The highest BCUT2D eigenvalue weighted by Crippen LogP contribution is 2.38. The Morgan fingerprint density at radius 3 is 2.29 bits per heavy atom. The van der Waals surface area contributed by atoms with Gasteiger partial charge in [-0.15, -0.1) is 0 Å². The summed E-state index contributed by atoms with van der Waals surface area (Å²) in [5.74, 6) is 0.471. The first kappa shape index (κ1) is 21.4. The van der Waals surface area contributed by atoms with E-state index in [9.17, 15) is 9.90 Å². The van der Waals surface area contributed by atoms with Crippen LogP contribution in [0.3, 0.4) is 0 Å². The number of aliphatic hydroxyl groups is 1. The quantitative estimate of drug-likeness (QED) is 0.540. The van der Waals surface area contributed by atoms with E-state index in [2.05, 4.69) is 15.9 Å². The van der Waals surface area contributed by atoms with Crippen LogP contribution in [0.25, 0.3) is 0 Å². The number of hydrogen-bond acceptors (Lipinski definition) is 5. The highest BCUT2D eigenvalue weighted by molar-refractivity contribution is 9.10. The van der Waals surface area contributed by atoms with Crippen molar-refractivity contribution in [2.45, 2.75) is 25.5 Å². The molecule has 31 heavy (non-hydrogen) atoms. The molecule has 0 bridgehead atoms. The molecule has 0 radical (unpaired) electrons. The van der Waals surface area contributed by atoms with Crippen molar-refractivity contribution in [2.75, 3.05) is 11.5 Å². The van der Waals surface area contributed by atoms with Gasteiger partial charge in [0.25, 0.3) is 0 Å². The maximum Gasteiger partial charge on any atom is 0.417 e. The van der Waals surface area contributed by atoms with E-state index in [0.29, 0.717) is 18.0 Å². The summed E-state index contributed by atoms with van der Waals surface area (Å²) in [5, 5.41) is 10.9. The Morgan fingerprint density at radius 2 is 1.61 bits per heavy atom. The second-order valence-corrected chi connectivity index (χ2v) is 8.01. The van der Waals surface area contributed by atoms with Gasteiger partial charge in [0.05, 0.1) is 18.9 Å². The van der Waals surface area contributed by atoms with Gasteiger partial charge in [0, 0.05) is 4.47 Å². The molecule has 1 amide bonds. The smallest absolute Gasteiger partial charge is 0.417 e. The van der Waals surface area contributed by atoms with Gasteiger partial charge in [-0.25, -0.2) is 9.69 Å². The Hall–Kier alpha value is -2.87. The summed E-state index contributed by atoms with van der Waals surface area (Å²) in [7, 11) is 0. The van der Waals surface area contributed by atoms with Crippen LogP contribution < -0.4 is 9.64 Å². The predicted octanol–water partition coefficient (Wildman–Crippen LogP) is 4.89. The topological polar surface area (TPSA) is 68.2 Å². The van der Waals surface area contributed by atoms with Crippen molar-refractivity contribution in [3.8, 4) is 5.75 Å². The van der Waals surface area contributed by atoms with E-state index < -0.39 is 18.4 Å². The standard InChI is InChI=1S/C24H22BrNO5/c25-19-11-12-21-20(13-19)26(24(28)30-15-18-9-5-2-6-10-18)23(27)22(31-21)16-29-14-17-7-3-1-4-8-17/h1-13,22-23,27H,14-16H2. The lowest BCUT2D eigenvalue weighted by Crippen LogP contribution is -2.54. The summed E-state index contributed by atoms with van der Waals surface area (Å²) in [5.41, 5.74) is 2.30. The third kappa shape index (κ3) is 5.25. The van der Waals surface area contributed by atoms with Gasteiger partial charge < -0.3 is 19.3 Å². The predicted molar refractivity (Wildman–Crippen MR) is 120 cm³/mol. The van der Waals surface area contributed by atoms with Gasteiger partial charge in [0.1, 0.15) is 12.4 Å². The molecule has 6 nitrogen and oxygen atoms in total. The number of carbonyl (C=O) groups excluding carboxylic acids is 1. The number of carbonyl (C=O) groups is 1. The highest BCUT2D eigenvalue weighted by atomic mass is 79.9. The number of amides is 1. The molecule has 0 aliphatic carbocycles. The van der Waals surface area contributed by atoms with Crippen LogP contribution in [0.1, 0.15) is 11.1 Å². The SMILES string of the molecule is O=C(OCc1ccccc1)N1c2cc(Br)ccc2OC(COCc2ccccc2)C1O. The molecular weight excluding hydrogens is 462 g/mol. The molecule has 1 heterocycles. The average molecular weight is 484 g/mol. The van der Waals surface area contributed by atoms with Gasteiger partial charge in [0.15, 0.2) is 12.3 Å². The van der Waals surface area contributed by atoms with Crippen LogP contribution in [0.2, 0.25) is 0 Å². The molecule has 7 heteroatoms. The fourth-order valence-corrected chi connectivity index (χ4v) is 3.64. The van der Waals surface area contributed by atoms with Gasteiger partial charge in [-0.1, -0.05) is 76.6 Å². The summed E-state index contributed by atoms with van der Waals surface area (Å²) in [6, 6.07) is 24.4. The maximum absolute atomic E-state index is 12.9. The van der Waals surface area contributed by atoms with Crippen molar-refractivity contribution in [1.82, 2.24) is 0 Å². The molecule has 160 valence electrons. The number of rotatable bonds is 6. The molecule has 3 aromatic rings. The molecule has 1 N–H and O–H groups in total. The molecule has 2 atom stereocenters. The minimum atomic E-state index is -1.26. The van der Waals surface area contributed by atoms with Gasteiger partial charge in [0.2, 0.25) is 0 Å². The average Bonchev–Trinajstić information content (AvgIpc) is 2.79. The third-order valence-electron chi connectivity index (χ3n) is 4.85. The zero-order chi connectivity index (χ0) is 21.6. The molecular formula is C24H22BrNO5. The maximum atomic E-state index is 12.9. The minimum absolute atomic E-state index is 0.0995. The largest absolute Gasteiger partial charge is 0.481 e. The fraction of sp³-hybridized carbons (Fsp3) is 0.208. The zero-order valence-corrected chi connectivity index (χ0v) is 18.3. The first-order valence-electron chi connectivity index (χ1n) is 9.87. The van der Waals surface area contributed by atoms with Crippen molar-refractivity contribution >= 4 is 27.7 Å². The number of benzene rings is 3. The van der Waals surface area contributed by atoms with Crippen molar-refractivity contribution in [2.24, 2.45) is 0 Å². The lowest BCUT2D eigenvalue weighted by atomic mass is 10.1. The first-order chi connectivity index (χ1) is 15.1. The molecule has 3 aromatic carbocycles. The van der Waals surface area contributed by atoms with Crippen molar-refractivity contribution in [1.29, 1.82) is 0 Å². The van der Waals surface area contributed by atoms with Crippen LogP contribution >= 0.6 is 15.9 Å². The molecule has 0 saturated carbocycles. The number of ether oxygens (including phenoxy) is 3. The fourth-order valence-electron chi connectivity index (χ4n) is 3.29. The lowest BCUT2D eigenvalue weighted by Gasteiger charge is -2.38. The lowest BCUT2D eigenvalue weighted by molar-refractivity contribution is -0.0367. The van der Waals surface area contributed by atoms with Crippen LogP contribution in [0.4, 0.5) is 10.5 Å². The van der Waals surface area contributed by atoms with Crippen LogP contribution in [0.5, 0.6) is 5.75 Å². The molecule has 1 aliphatic heterocycles. The van der Waals surface area contributed by atoms with Crippen LogP contribution in [0.15, 0.2) is 83.3 Å². The number of fused-ring (bicyclic) bond motifs is 1. The highest BCUT2D eigenvalue weighted by Gasteiger charge is 2.39. The van der Waals surface area contributed by atoms with E-state index in [4.69, 9.17) is 14.2 Å². The van der Waals surface area contributed by atoms with Crippen molar-refractivity contribution < 1.29 is 24.1 Å². The number of hydrogen-bond donors (Lipinski definition) is 1.